The van der Waals surface area contributed by atoms with E-state index in [0.717, 1.165) is 44.8 Å². The number of hydrogen-bond donors (Lipinski definition) is 0. The summed E-state index contributed by atoms with van der Waals surface area (Å²) in [6, 6.07) is 10.8. The molecule has 2 fully saturated rings. The lowest BCUT2D eigenvalue weighted by Crippen LogP contribution is -2.45. The molecule has 2 aliphatic heterocycles. The van der Waals surface area contributed by atoms with Gasteiger partial charge in [-0.05, 0) is 50.8 Å². The Bertz CT molecular complexity index is 818. The van der Waals surface area contributed by atoms with Crippen LogP contribution < -0.4 is 0 Å². The molecule has 0 N–H and O–H groups in total. The Morgan fingerprint density at radius 2 is 1.97 bits per heavy atom. The van der Waals surface area contributed by atoms with Gasteiger partial charge in [0.25, 0.3) is 0 Å². The van der Waals surface area contributed by atoms with Crippen molar-refractivity contribution >= 4 is 5.91 Å². The molecule has 1 aromatic carbocycles. The van der Waals surface area contributed by atoms with Gasteiger partial charge in [-0.2, -0.15) is 0 Å². The van der Waals surface area contributed by atoms with Crippen molar-refractivity contribution in [2.45, 2.75) is 58.4 Å². The fraction of sp³-hybridized carbons (Fsp3) is 0.600. The van der Waals surface area contributed by atoms with Crippen LogP contribution >= 0.6 is 0 Å². The summed E-state index contributed by atoms with van der Waals surface area (Å²) < 4.78 is 2.12. The molecule has 4 rings (SSSR count). The molecule has 2 aliphatic rings. The average Bonchev–Trinajstić information content (AvgIpc) is 3.40. The van der Waals surface area contributed by atoms with Crippen molar-refractivity contribution in [3.8, 4) is 0 Å². The van der Waals surface area contributed by atoms with E-state index in [1.807, 2.05) is 12.4 Å². The maximum atomic E-state index is 12.9. The Kier molecular flexibility index (Phi) is 6.88. The summed E-state index contributed by atoms with van der Waals surface area (Å²) in [6.45, 7) is 8.28. The molecule has 0 saturated carbocycles. The predicted molar refractivity (Wildman–Crippen MR) is 120 cm³/mol. The quantitative estimate of drug-likeness (QED) is 0.667. The zero-order valence-corrected chi connectivity index (χ0v) is 18.4. The summed E-state index contributed by atoms with van der Waals surface area (Å²) >= 11 is 0. The van der Waals surface area contributed by atoms with Crippen LogP contribution in [0.25, 0.3) is 0 Å². The molecular formula is C25H36N4O. The number of nitrogens with zero attached hydrogens (tertiary/aromatic N) is 4. The first-order valence-corrected chi connectivity index (χ1v) is 11.7. The number of rotatable bonds is 8. The van der Waals surface area contributed by atoms with Crippen LogP contribution in [0.15, 0.2) is 42.7 Å². The highest BCUT2D eigenvalue weighted by molar-refractivity contribution is 5.76. The second kappa shape index (κ2) is 9.78. The van der Waals surface area contributed by atoms with E-state index in [1.165, 1.54) is 44.3 Å². The van der Waals surface area contributed by atoms with Gasteiger partial charge >= 0.3 is 0 Å². The molecule has 3 heterocycles. The van der Waals surface area contributed by atoms with Crippen LogP contribution in [0.4, 0.5) is 0 Å². The first-order valence-electron chi connectivity index (χ1n) is 11.7. The minimum atomic E-state index is 0.309. The molecule has 30 heavy (non-hydrogen) atoms. The molecule has 1 spiro atoms. The van der Waals surface area contributed by atoms with Gasteiger partial charge in [0.2, 0.25) is 5.91 Å². The number of imidazole rings is 1. The molecule has 5 nitrogen and oxygen atoms in total. The van der Waals surface area contributed by atoms with E-state index in [4.69, 9.17) is 0 Å². The number of carbonyl (C=O) groups is 1. The smallest absolute Gasteiger partial charge is 0.224 e. The molecule has 0 radical (unpaired) electrons. The van der Waals surface area contributed by atoms with Gasteiger partial charge in [-0.3, -0.25) is 4.79 Å². The summed E-state index contributed by atoms with van der Waals surface area (Å²) in [5.74, 6) is 1.38. The Morgan fingerprint density at radius 3 is 2.80 bits per heavy atom. The molecule has 1 aromatic heterocycles. The van der Waals surface area contributed by atoms with E-state index >= 15 is 0 Å². The number of benzene rings is 1. The monoisotopic (exact) mass is 408 g/mol. The number of piperidine rings is 1. The molecule has 2 saturated heterocycles. The number of carbonyl (C=O) groups excluding carboxylic acids is 1. The minimum absolute atomic E-state index is 0.309. The van der Waals surface area contributed by atoms with Crippen LogP contribution in [-0.4, -0.2) is 58.0 Å². The Hall–Kier alpha value is -2.14. The Morgan fingerprint density at radius 1 is 1.10 bits per heavy atom. The highest BCUT2D eigenvalue weighted by Gasteiger charge is 2.42. The minimum Gasteiger partial charge on any atom is -0.342 e. The van der Waals surface area contributed by atoms with Crippen LogP contribution in [0, 0.1) is 5.41 Å². The van der Waals surface area contributed by atoms with Gasteiger partial charge in [0, 0.05) is 56.8 Å². The van der Waals surface area contributed by atoms with Crippen molar-refractivity contribution < 1.29 is 4.79 Å². The molecule has 2 aromatic rings. The molecule has 1 amide bonds. The van der Waals surface area contributed by atoms with Crippen LogP contribution in [0.2, 0.25) is 0 Å². The lowest BCUT2D eigenvalue weighted by Gasteiger charge is -2.40. The molecule has 0 bridgehead atoms. The van der Waals surface area contributed by atoms with Gasteiger partial charge in [0.05, 0.1) is 0 Å². The van der Waals surface area contributed by atoms with Gasteiger partial charge in [0.1, 0.15) is 5.82 Å². The molecule has 0 aliphatic carbocycles. The van der Waals surface area contributed by atoms with E-state index in [0.29, 0.717) is 17.7 Å². The maximum absolute atomic E-state index is 12.9. The second-order valence-corrected chi connectivity index (χ2v) is 9.17. The Labute approximate surface area is 181 Å². The fourth-order valence-electron chi connectivity index (χ4n) is 5.37. The van der Waals surface area contributed by atoms with Crippen LogP contribution in [0.5, 0.6) is 0 Å². The fourth-order valence-corrected chi connectivity index (χ4v) is 5.37. The lowest BCUT2D eigenvalue weighted by molar-refractivity contribution is -0.131. The molecule has 1 atom stereocenters. The zero-order chi connectivity index (χ0) is 20.8. The highest BCUT2D eigenvalue weighted by Crippen LogP contribution is 2.39. The van der Waals surface area contributed by atoms with Gasteiger partial charge in [-0.25, -0.2) is 4.98 Å². The third kappa shape index (κ3) is 5.12. The first kappa shape index (κ1) is 21.1. The molecule has 162 valence electrons. The third-order valence-corrected chi connectivity index (χ3v) is 7.00. The summed E-state index contributed by atoms with van der Waals surface area (Å²) in [6.07, 6.45) is 11.4. The van der Waals surface area contributed by atoms with Crippen LogP contribution in [0.3, 0.4) is 0 Å². The van der Waals surface area contributed by atoms with Crippen molar-refractivity contribution in [1.29, 1.82) is 0 Å². The van der Waals surface area contributed by atoms with Crippen LogP contribution in [0.1, 0.15) is 50.4 Å². The number of likely N-dealkylation sites (tertiary alicyclic amines) is 2. The summed E-state index contributed by atoms with van der Waals surface area (Å²) in [5, 5.41) is 0. The van der Waals surface area contributed by atoms with Gasteiger partial charge in [0.15, 0.2) is 0 Å². The molecule has 5 heteroatoms. The van der Waals surface area contributed by atoms with E-state index in [1.54, 1.807) is 0 Å². The summed E-state index contributed by atoms with van der Waals surface area (Å²) in [7, 11) is 0. The largest absolute Gasteiger partial charge is 0.342 e. The number of aromatic nitrogens is 2. The van der Waals surface area contributed by atoms with Crippen molar-refractivity contribution in [2.75, 3.05) is 32.7 Å². The number of aryl methyl sites for hydroxylation is 3. The SMILES string of the molecule is CCc1nccn1CCC(=O)N1CCC2(CCCN(CCCc3ccccc3)C2)C1. The first-order chi connectivity index (χ1) is 14.7. The normalized spacial score (nSPS) is 22.1. The third-order valence-electron chi connectivity index (χ3n) is 7.00. The van der Waals surface area contributed by atoms with E-state index in [9.17, 15) is 4.79 Å². The van der Waals surface area contributed by atoms with Crippen molar-refractivity contribution in [2.24, 2.45) is 5.41 Å². The van der Waals surface area contributed by atoms with Crippen molar-refractivity contribution in [3.05, 3.63) is 54.1 Å². The van der Waals surface area contributed by atoms with Gasteiger partial charge in [-0.1, -0.05) is 37.3 Å². The maximum Gasteiger partial charge on any atom is 0.224 e. The standard InChI is InChI=1S/C25H36N4O/c1-2-23-26-14-19-28(23)17-11-24(30)29-18-13-25(21-29)12-7-16-27(20-25)15-6-10-22-8-4-3-5-9-22/h3-5,8-9,14,19H,2,6-7,10-13,15-18,20-21H2,1H3. The predicted octanol–water partition coefficient (Wildman–Crippen LogP) is 3.78. The summed E-state index contributed by atoms with van der Waals surface area (Å²) in [4.78, 5) is 22.0. The second-order valence-electron chi connectivity index (χ2n) is 9.17. The van der Waals surface area contributed by atoms with E-state index in [-0.39, 0.29) is 0 Å². The zero-order valence-electron chi connectivity index (χ0n) is 18.4. The average molecular weight is 409 g/mol. The van der Waals surface area contributed by atoms with Crippen LogP contribution in [-0.2, 0) is 24.2 Å². The molecule has 1 unspecified atom stereocenters. The van der Waals surface area contributed by atoms with E-state index < -0.39 is 0 Å². The van der Waals surface area contributed by atoms with Gasteiger partial charge < -0.3 is 14.4 Å². The number of hydrogen-bond acceptors (Lipinski definition) is 3. The van der Waals surface area contributed by atoms with E-state index in [2.05, 4.69) is 56.6 Å². The highest BCUT2D eigenvalue weighted by atomic mass is 16.2. The van der Waals surface area contributed by atoms with Crippen molar-refractivity contribution in [1.82, 2.24) is 19.4 Å². The topological polar surface area (TPSA) is 41.4 Å². The molecular weight excluding hydrogens is 372 g/mol. The lowest BCUT2D eigenvalue weighted by atomic mass is 9.79. The summed E-state index contributed by atoms with van der Waals surface area (Å²) in [5.41, 5.74) is 1.76. The van der Waals surface area contributed by atoms with Crippen molar-refractivity contribution in [3.63, 3.8) is 0 Å². The van der Waals surface area contributed by atoms with Gasteiger partial charge in [-0.15, -0.1) is 0 Å². The Balaban J connectivity index is 1.24. The number of amides is 1.